The number of carbonyl (C=O) groups excluding carboxylic acids is 1. The molecule has 0 spiro atoms. The van der Waals surface area contributed by atoms with Crippen LogP contribution in [0.25, 0.3) is 0 Å². The van der Waals surface area contributed by atoms with Crippen LogP contribution in [0, 0.1) is 0 Å². The molecule has 0 bridgehead atoms. The van der Waals surface area contributed by atoms with Crippen LogP contribution in [0.4, 0.5) is 0 Å². The molecule has 1 aliphatic rings. The Morgan fingerprint density at radius 2 is 1.47 bits per heavy atom. The third kappa shape index (κ3) is 5.43. The predicted molar refractivity (Wildman–Crippen MR) is 110 cm³/mol. The number of morpholine rings is 1. The number of nitrogens with one attached hydrogen (secondary N) is 2. The lowest BCUT2D eigenvalue weighted by Gasteiger charge is -2.26. The largest absolute Gasteiger partial charge is 0.379 e. The molecule has 0 atom stereocenters. The molecule has 2 aromatic rings. The van der Waals surface area contributed by atoms with E-state index in [0.29, 0.717) is 18.8 Å². The number of hydrogen-bond acceptors (Lipinski definition) is 6. The molecule has 2 aromatic carbocycles. The van der Waals surface area contributed by atoms with E-state index in [1.807, 2.05) is 0 Å². The average molecular weight is 454 g/mol. The topological polar surface area (TPSA) is 122 Å². The Labute approximate surface area is 176 Å². The first kappa shape index (κ1) is 22.4. The number of benzene rings is 2. The fraction of sp³-hybridized carbons (Fsp3) is 0.316. The van der Waals surface area contributed by atoms with Gasteiger partial charge < -0.3 is 10.1 Å². The van der Waals surface area contributed by atoms with E-state index in [1.165, 1.54) is 28.6 Å². The standard InChI is InChI=1S/C19H23N3O6S2/c23-19(16-4-2-1-3-5-16)20-10-11-21-29(24,25)17-6-8-18(9-7-17)30(26,27)22-12-14-28-15-13-22/h1-9,21H,10-15H2,(H,20,23). The molecule has 0 saturated carbocycles. The van der Waals surface area contributed by atoms with E-state index in [2.05, 4.69) is 10.0 Å². The molecule has 0 unspecified atom stereocenters. The van der Waals surface area contributed by atoms with Gasteiger partial charge in [-0.3, -0.25) is 4.79 Å². The summed E-state index contributed by atoms with van der Waals surface area (Å²) in [5, 5.41) is 2.63. The minimum absolute atomic E-state index is 0.00522. The highest BCUT2D eigenvalue weighted by Crippen LogP contribution is 2.19. The molecule has 1 aliphatic heterocycles. The molecule has 0 aromatic heterocycles. The summed E-state index contributed by atoms with van der Waals surface area (Å²) in [5.41, 5.74) is 0.484. The summed E-state index contributed by atoms with van der Waals surface area (Å²) in [6.45, 7) is 1.29. The molecule has 0 aliphatic carbocycles. The average Bonchev–Trinajstić information content (AvgIpc) is 2.78. The summed E-state index contributed by atoms with van der Waals surface area (Å²) in [5.74, 6) is -0.299. The van der Waals surface area contributed by atoms with Crippen molar-refractivity contribution in [3.8, 4) is 0 Å². The molecule has 9 nitrogen and oxygen atoms in total. The van der Waals surface area contributed by atoms with E-state index in [4.69, 9.17) is 4.74 Å². The maximum Gasteiger partial charge on any atom is 0.251 e. The van der Waals surface area contributed by atoms with E-state index in [0.717, 1.165) is 0 Å². The lowest BCUT2D eigenvalue weighted by Crippen LogP contribution is -2.40. The van der Waals surface area contributed by atoms with E-state index < -0.39 is 20.0 Å². The van der Waals surface area contributed by atoms with Gasteiger partial charge in [-0.05, 0) is 36.4 Å². The molecule has 162 valence electrons. The van der Waals surface area contributed by atoms with Gasteiger partial charge in [0.25, 0.3) is 5.91 Å². The monoisotopic (exact) mass is 453 g/mol. The first-order valence-electron chi connectivity index (χ1n) is 9.31. The van der Waals surface area contributed by atoms with Crippen LogP contribution in [-0.2, 0) is 24.8 Å². The smallest absolute Gasteiger partial charge is 0.251 e. The highest BCUT2D eigenvalue weighted by atomic mass is 32.2. The second-order valence-electron chi connectivity index (χ2n) is 6.51. The van der Waals surface area contributed by atoms with Crippen LogP contribution in [0.15, 0.2) is 64.4 Å². The van der Waals surface area contributed by atoms with Crippen LogP contribution in [0.1, 0.15) is 10.4 Å². The Kier molecular flexibility index (Phi) is 7.21. The van der Waals surface area contributed by atoms with Gasteiger partial charge in [-0.25, -0.2) is 21.6 Å². The van der Waals surface area contributed by atoms with Gasteiger partial charge in [0.05, 0.1) is 23.0 Å². The molecule has 1 amide bonds. The van der Waals surface area contributed by atoms with Crippen LogP contribution < -0.4 is 10.0 Å². The van der Waals surface area contributed by atoms with Gasteiger partial charge in [0.15, 0.2) is 0 Å². The first-order valence-corrected chi connectivity index (χ1v) is 12.2. The fourth-order valence-corrected chi connectivity index (χ4v) is 5.30. The van der Waals surface area contributed by atoms with Crippen molar-refractivity contribution in [1.29, 1.82) is 0 Å². The normalized spacial score (nSPS) is 15.6. The maximum absolute atomic E-state index is 12.6. The summed E-state index contributed by atoms with van der Waals surface area (Å²) in [7, 11) is -7.53. The maximum atomic E-state index is 12.6. The van der Waals surface area contributed by atoms with Crippen LogP contribution >= 0.6 is 0 Å². The van der Waals surface area contributed by atoms with E-state index in [-0.39, 0.29) is 41.9 Å². The van der Waals surface area contributed by atoms with Crippen molar-refractivity contribution in [2.45, 2.75) is 9.79 Å². The molecular weight excluding hydrogens is 430 g/mol. The van der Waals surface area contributed by atoms with Gasteiger partial charge in [0, 0.05) is 31.7 Å². The Morgan fingerprint density at radius 1 is 0.867 bits per heavy atom. The molecule has 1 heterocycles. The number of ether oxygens (including phenoxy) is 1. The van der Waals surface area contributed by atoms with E-state index in [9.17, 15) is 21.6 Å². The van der Waals surface area contributed by atoms with Crippen molar-refractivity contribution in [3.63, 3.8) is 0 Å². The highest BCUT2D eigenvalue weighted by molar-refractivity contribution is 7.89. The lowest BCUT2D eigenvalue weighted by molar-refractivity contribution is 0.0730. The van der Waals surface area contributed by atoms with Gasteiger partial charge in [-0.1, -0.05) is 18.2 Å². The number of rotatable bonds is 8. The number of carbonyl (C=O) groups is 1. The fourth-order valence-electron chi connectivity index (χ4n) is 2.86. The molecule has 2 N–H and O–H groups in total. The van der Waals surface area contributed by atoms with Crippen molar-refractivity contribution in [2.24, 2.45) is 0 Å². The van der Waals surface area contributed by atoms with Gasteiger partial charge in [-0.2, -0.15) is 4.31 Å². The Balaban J connectivity index is 1.56. The highest BCUT2D eigenvalue weighted by Gasteiger charge is 2.26. The third-order valence-electron chi connectivity index (χ3n) is 4.48. The predicted octanol–water partition coefficient (Wildman–Crippen LogP) is 0.416. The van der Waals surface area contributed by atoms with Crippen molar-refractivity contribution in [3.05, 3.63) is 60.2 Å². The van der Waals surface area contributed by atoms with Gasteiger partial charge in [-0.15, -0.1) is 0 Å². The molecular formula is C19H23N3O6S2. The van der Waals surface area contributed by atoms with Gasteiger partial charge >= 0.3 is 0 Å². The molecule has 30 heavy (non-hydrogen) atoms. The summed E-state index contributed by atoms with van der Waals surface area (Å²) in [6, 6.07) is 13.6. The van der Waals surface area contributed by atoms with Crippen molar-refractivity contribution in [1.82, 2.24) is 14.3 Å². The molecule has 1 saturated heterocycles. The third-order valence-corrected chi connectivity index (χ3v) is 7.87. The van der Waals surface area contributed by atoms with E-state index >= 15 is 0 Å². The minimum Gasteiger partial charge on any atom is -0.379 e. The molecule has 3 rings (SSSR count). The van der Waals surface area contributed by atoms with Crippen molar-refractivity contribution < 1.29 is 26.4 Å². The Bertz CT molecular complexity index is 1070. The number of nitrogens with zero attached hydrogens (tertiary/aromatic N) is 1. The Morgan fingerprint density at radius 3 is 2.10 bits per heavy atom. The Hall–Kier alpha value is -2.31. The summed E-state index contributed by atoms with van der Waals surface area (Å²) in [4.78, 5) is 11.9. The van der Waals surface area contributed by atoms with Crippen molar-refractivity contribution >= 4 is 26.0 Å². The first-order chi connectivity index (χ1) is 14.3. The SMILES string of the molecule is O=C(NCCNS(=O)(=O)c1ccc(S(=O)(=O)N2CCOCC2)cc1)c1ccccc1. The van der Waals surface area contributed by atoms with Crippen molar-refractivity contribution in [2.75, 3.05) is 39.4 Å². The van der Waals surface area contributed by atoms with Gasteiger partial charge in [0.1, 0.15) is 0 Å². The lowest BCUT2D eigenvalue weighted by atomic mass is 10.2. The zero-order chi connectivity index (χ0) is 21.6. The quantitative estimate of drug-likeness (QED) is 0.559. The van der Waals surface area contributed by atoms with E-state index in [1.54, 1.807) is 30.3 Å². The second kappa shape index (κ2) is 9.67. The minimum atomic E-state index is -3.84. The zero-order valence-corrected chi connectivity index (χ0v) is 17.8. The molecule has 0 radical (unpaired) electrons. The summed E-state index contributed by atoms with van der Waals surface area (Å²) >= 11 is 0. The molecule has 1 fully saturated rings. The van der Waals surface area contributed by atoms with Crippen LogP contribution in [-0.4, -0.2) is 66.4 Å². The second-order valence-corrected chi connectivity index (χ2v) is 10.2. The number of sulfonamides is 2. The van der Waals surface area contributed by atoms with Crippen LogP contribution in [0.2, 0.25) is 0 Å². The van der Waals surface area contributed by atoms with Gasteiger partial charge in [0.2, 0.25) is 20.0 Å². The number of amides is 1. The van der Waals surface area contributed by atoms with Crippen LogP contribution in [0.5, 0.6) is 0 Å². The molecule has 11 heteroatoms. The zero-order valence-electron chi connectivity index (χ0n) is 16.2. The van der Waals surface area contributed by atoms with Crippen LogP contribution in [0.3, 0.4) is 0 Å². The number of hydrogen-bond donors (Lipinski definition) is 2. The summed E-state index contributed by atoms with van der Waals surface area (Å²) in [6.07, 6.45) is 0. The summed E-state index contributed by atoms with van der Waals surface area (Å²) < 4.78 is 58.9.